The van der Waals surface area contributed by atoms with Crippen molar-refractivity contribution in [2.45, 2.75) is 245 Å². The van der Waals surface area contributed by atoms with Gasteiger partial charge in [-0.2, -0.15) is 0 Å². The largest absolute Gasteiger partial charge is 0.334 e. The zero-order valence-electron chi connectivity index (χ0n) is 55.1. The van der Waals surface area contributed by atoms with Crippen LogP contribution in [0.5, 0.6) is 0 Å². The van der Waals surface area contributed by atoms with Gasteiger partial charge in [-0.1, -0.05) is 199 Å². The van der Waals surface area contributed by atoms with E-state index in [1.54, 1.807) is 0 Å². The molecule has 0 radical (unpaired) electrons. The molecule has 7 aromatic carbocycles. The first kappa shape index (κ1) is 55.9. The fourth-order valence-electron chi connectivity index (χ4n) is 17.7. The van der Waals surface area contributed by atoms with Crippen LogP contribution in [0.3, 0.4) is 0 Å². The summed E-state index contributed by atoms with van der Waals surface area (Å²) in [5.74, 6) is 0.294. The molecule has 2 unspecified atom stereocenters. The molecule has 4 heteroatoms. The second-order valence-corrected chi connectivity index (χ2v) is 33.7. The molecule has 0 spiro atoms. The van der Waals surface area contributed by atoms with Crippen LogP contribution in [-0.4, -0.2) is 12.3 Å². The molecule has 434 valence electrons. The fourth-order valence-corrected chi connectivity index (χ4v) is 17.7. The summed E-state index contributed by atoms with van der Waals surface area (Å²) in [5.41, 5.74) is 32.2. The van der Waals surface area contributed by atoms with Gasteiger partial charge in [0, 0.05) is 56.3 Å². The van der Waals surface area contributed by atoms with Gasteiger partial charge in [-0.05, 0) is 228 Å². The van der Waals surface area contributed by atoms with Crippen LogP contribution in [0.2, 0.25) is 0 Å². The lowest BCUT2D eigenvalue weighted by atomic mass is 9.33. The minimum Gasteiger partial charge on any atom is -0.334 e. The van der Waals surface area contributed by atoms with Crippen molar-refractivity contribution in [3.8, 4) is 11.1 Å². The summed E-state index contributed by atoms with van der Waals surface area (Å²) in [6, 6.07) is 48.6. The van der Waals surface area contributed by atoms with Crippen LogP contribution in [0.25, 0.3) is 11.1 Å². The number of hydrogen-bond donors (Lipinski definition) is 0. The fraction of sp³-hybridized carbons (Fsp3) is 0.475. The van der Waals surface area contributed by atoms with Gasteiger partial charge in [-0.25, -0.2) is 0 Å². The van der Waals surface area contributed by atoms with Crippen LogP contribution in [0.15, 0.2) is 115 Å². The van der Waals surface area contributed by atoms with Gasteiger partial charge in [0.1, 0.15) is 0 Å². The molecule has 7 aromatic rings. The van der Waals surface area contributed by atoms with E-state index in [9.17, 15) is 0 Å². The van der Waals surface area contributed by atoms with Gasteiger partial charge < -0.3 is 14.7 Å². The Kier molecular flexibility index (Phi) is 11.7. The maximum Gasteiger partial charge on any atom is 0.252 e. The van der Waals surface area contributed by atoms with Gasteiger partial charge in [-0.3, -0.25) is 0 Å². The Bertz CT molecular complexity index is 3960. The highest BCUT2D eigenvalue weighted by atomic mass is 15.3. The van der Waals surface area contributed by atoms with Gasteiger partial charge in [0.2, 0.25) is 0 Å². The summed E-state index contributed by atoms with van der Waals surface area (Å²) in [5, 5.41) is 0. The molecule has 0 bridgehead atoms. The van der Waals surface area contributed by atoms with Crippen molar-refractivity contribution in [3.05, 3.63) is 171 Å². The first-order valence-corrected chi connectivity index (χ1v) is 32.7. The average Bonchev–Trinajstić information content (AvgIpc) is 1.35. The summed E-state index contributed by atoms with van der Waals surface area (Å²) in [4.78, 5) is 8.36. The average molecular weight is 1110 g/mol. The molecule has 0 N–H and O–H groups in total. The number of anilines is 8. The van der Waals surface area contributed by atoms with Crippen molar-refractivity contribution in [1.82, 2.24) is 0 Å². The van der Waals surface area contributed by atoms with Crippen molar-refractivity contribution in [2.75, 3.05) is 14.7 Å². The van der Waals surface area contributed by atoms with Crippen LogP contribution in [0, 0.1) is 0 Å². The van der Waals surface area contributed by atoms with E-state index in [4.69, 9.17) is 0 Å². The van der Waals surface area contributed by atoms with E-state index in [0.29, 0.717) is 5.92 Å². The third-order valence-corrected chi connectivity index (χ3v) is 23.8. The molecule has 3 heterocycles. The van der Waals surface area contributed by atoms with E-state index in [0.717, 1.165) is 6.42 Å². The second-order valence-electron chi connectivity index (χ2n) is 33.7. The molecule has 14 rings (SSSR count). The molecule has 3 aliphatic heterocycles. The Morgan fingerprint density at radius 3 is 1.46 bits per heavy atom. The highest BCUT2D eigenvalue weighted by Crippen LogP contribution is 2.63. The van der Waals surface area contributed by atoms with Crippen LogP contribution in [0.1, 0.15) is 251 Å². The number of hydrogen-bond acceptors (Lipinski definition) is 3. The van der Waals surface area contributed by atoms with E-state index >= 15 is 0 Å². The summed E-state index contributed by atoms with van der Waals surface area (Å²) >= 11 is 0. The SMILES string of the molecule is CC(C)c1cc2c3c(c1)N(c1ccc4c(c1)C(C)(C)CCC4(C)C)c1cc4c(cc1B3c1ccc(N3c5ccc(C(C)(C)C)cc5C5(C)CCCCC35C)cc1N2c1ccc2c(c1)C(C)(C)c1cc(C(C)(C)C)ccc1-2)C(C)(C)CCC4(C)C. The number of fused-ring (bicyclic) bond motifs is 12. The molecule has 1 fully saturated rings. The molecular weight excluding hydrogens is 1010 g/mol. The van der Waals surface area contributed by atoms with Crippen molar-refractivity contribution >= 4 is 68.6 Å². The topological polar surface area (TPSA) is 9.72 Å². The van der Waals surface area contributed by atoms with Crippen molar-refractivity contribution in [1.29, 1.82) is 0 Å². The third-order valence-electron chi connectivity index (χ3n) is 23.8. The summed E-state index contributed by atoms with van der Waals surface area (Å²) in [6.07, 6.45) is 9.58. The van der Waals surface area contributed by atoms with Crippen LogP contribution >= 0.6 is 0 Å². The Balaban J connectivity index is 1.07. The molecule has 0 saturated heterocycles. The molecular formula is C80H96BN3. The van der Waals surface area contributed by atoms with E-state index < -0.39 is 0 Å². The lowest BCUT2D eigenvalue weighted by Gasteiger charge is -2.51. The minimum atomic E-state index is -0.195. The molecule has 0 aromatic heterocycles. The van der Waals surface area contributed by atoms with Gasteiger partial charge >= 0.3 is 0 Å². The lowest BCUT2D eigenvalue weighted by molar-refractivity contribution is 0.195. The Hall–Kier alpha value is -6.00. The zero-order chi connectivity index (χ0) is 59.8. The molecule has 1 saturated carbocycles. The molecule has 4 aliphatic carbocycles. The number of benzene rings is 7. The van der Waals surface area contributed by atoms with Crippen molar-refractivity contribution < 1.29 is 0 Å². The molecule has 3 nitrogen and oxygen atoms in total. The highest BCUT2D eigenvalue weighted by Gasteiger charge is 2.58. The summed E-state index contributed by atoms with van der Waals surface area (Å²) < 4.78 is 0. The van der Waals surface area contributed by atoms with Gasteiger partial charge in [0.05, 0.1) is 5.54 Å². The Labute approximate surface area is 507 Å². The van der Waals surface area contributed by atoms with Crippen molar-refractivity contribution in [3.63, 3.8) is 0 Å². The molecule has 2 atom stereocenters. The van der Waals surface area contributed by atoms with E-state index in [1.807, 2.05) is 0 Å². The van der Waals surface area contributed by atoms with Crippen LogP contribution < -0.4 is 31.1 Å². The highest BCUT2D eigenvalue weighted by molar-refractivity contribution is 7.00. The van der Waals surface area contributed by atoms with Crippen molar-refractivity contribution in [2.24, 2.45) is 0 Å². The quantitative estimate of drug-likeness (QED) is 0.163. The van der Waals surface area contributed by atoms with Crippen LogP contribution in [-0.2, 0) is 43.3 Å². The molecule has 0 amide bonds. The van der Waals surface area contributed by atoms with E-state index in [1.165, 1.54) is 174 Å². The molecule has 7 aliphatic rings. The maximum absolute atomic E-state index is 2.84. The predicted molar refractivity (Wildman–Crippen MR) is 363 cm³/mol. The Morgan fingerprint density at radius 1 is 0.393 bits per heavy atom. The standard InChI is InChI=1S/C80H96BN3/c1-48(2)49-39-69-71-70(40-49)83(53-26-30-57-60(44-53)75(11,12)36-35-74(57,9)10)68-47-62-61(76(13,14)37-38-77(62,15)16)46-65(68)81(71)64-31-27-54(84-66-32-24-51(73(6,7)8)42-63(66)79(19)33-21-22-34-80(79,84)20)45-67(64)82(69)52-25-29-56-55-28-23-50(72(3,4)5)41-58(55)78(17,18)59(56)43-52/h23-32,39-48H,21-22,33-38H2,1-20H3. The van der Waals surface area contributed by atoms with E-state index in [-0.39, 0.29) is 55.6 Å². The first-order chi connectivity index (χ1) is 39.2. The smallest absolute Gasteiger partial charge is 0.252 e. The number of rotatable bonds is 4. The van der Waals surface area contributed by atoms with E-state index in [2.05, 4.69) is 268 Å². The summed E-state index contributed by atoms with van der Waals surface area (Å²) in [7, 11) is 0. The monoisotopic (exact) mass is 1110 g/mol. The van der Waals surface area contributed by atoms with Crippen LogP contribution in [0.4, 0.5) is 45.5 Å². The zero-order valence-corrected chi connectivity index (χ0v) is 55.1. The lowest BCUT2D eigenvalue weighted by Crippen LogP contribution is -2.62. The number of nitrogens with zero attached hydrogens (tertiary/aromatic N) is 3. The third kappa shape index (κ3) is 7.74. The Morgan fingerprint density at radius 2 is 0.869 bits per heavy atom. The maximum atomic E-state index is 2.84. The minimum absolute atomic E-state index is 0.00332. The van der Waals surface area contributed by atoms with Gasteiger partial charge in [0.15, 0.2) is 0 Å². The predicted octanol–water partition coefficient (Wildman–Crippen LogP) is 20.2. The second kappa shape index (κ2) is 17.6. The van der Waals surface area contributed by atoms with Gasteiger partial charge in [-0.15, -0.1) is 0 Å². The first-order valence-electron chi connectivity index (χ1n) is 32.7. The normalized spacial score (nSPS) is 23.2. The van der Waals surface area contributed by atoms with Gasteiger partial charge in [0.25, 0.3) is 6.71 Å². The molecule has 84 heavy (non-hydrogen) atoms. The summed E-state index contributed by atoms with van der Waals surface area (Å²) in [6.45, 7) is 49.2.